The van der Waals surface area contributed by atoms with E-state index in [0.717, 1.165) is 26.1 Å². The molecule has 16 heavy (non-hydrogen) atoms. The Bertz CT molecular complexity index is 407. The zero-order valence-corrected chi connectivity index (χ0v) is 8.94. The Morgan fingerprint density at radius 1 is 1.50 bits per heavy atom. The predicted octanol–water partition coefficient (Wildman–Crippen LogP) is 1.13. The highest BCUT2D eigenvalue weighted by Gasteiger charge is 2.15. The molecule has 0 amide bonds. The fraction of sp³-hybridized carbons (Fsp3) is 0.455. The highest BCUT2D eigenvalue weighted by Crippen LogP contribution is 2.21. The molecule has 0 saturated carbocycles. The molecular weight excluding hydrogens is 204 g/mol. The predicted molar refractivity (Wildman–Crippen MR) is 60.8 cm³/mol. The third-order valence-corrected chi connectivity index (χ3v) is 2.67. The van der Waals surface area contributed by atoms with E-state index in [9.17, 15) is 0 Å². The first kappa shape index (κ1) is 10.7. The van der Waals surface area contributed by atoms with E-state index in [1.165, 1.54) is 0 Å². The first-order chi connectivity index (χ1) is 7.81. The van der Waals surface area contributed by atoms with Crippen molar-refractivity contribution in [3.63, 3.8) is 0 Å². The van der Waals surface area contributed by atoms with Crippen LogP contribution in [0.2, 0.25) is 0 Å². The average Bonchev–Trinajstić information content (AvgIpc) is 2.33. The third kappa shape index (κ3) is 2.23. The highest BCUT2D eigenvalue weighted by molar-refractivity contribution is 5.69. The van der Waals surface area contributed by atoms with Gasteiger partial charge in [-0.15, -0.1) is 0 Å². The van der Waals surface area contributed by atoms with Crippen LogP contribution in [0.4, 0.5) is 11.5 Å². The zero-order chi connectivity index (χ0) is 11.4. The topological polar surface area (TPSA) is 84.0 Å². The number of nitrogens with two attached hydrogens (primary N) is 1. The number of nitriles is 1. The Morgan fingerprint density at radius 3 is 2.94 bits per heavy atom. The van der Waals surface area contributed by atoms with Gasteiger partial charge in [0.15, 0.2) is 5.82 Å². The fourth-order valence-electron chi connectivity index (χ4n) is 1.72. The van der Waals surface area contributed by atoms with E-state index in [0.29, 0.717) is 23.1 Å². The lowest BCUT2D eigenvalue weighted by Gasteiger charge is -2.24. The highest BCUT2D eigenvalue weighted by atomic mass is 16.5. The molecule has 0 aromatic carbocycles. The molecule has 0 atom stereocenters. The van der Waals surface area contributed by atoms with Crippen LogP contribution in [0.25, 0.3) is 0 Å². The number of ether oxygens (including phenoxy) is 1. The Hall–Kier alpha value is -1.80. The summed E-state index contributed by atoms with van der Waals surface area (Å²) >= 11 is 0. The Kier molecular flexibility index (Phi) is 3.22. The number of nitrogens with one attached hydrogen (secondary N) is 1. The van der Waals surface area contributed by atoms with E-state index in [-0.39, 0.29) is 0 Å². The molecule has 2 heterocycles. The maximum absolute atomic E-state index is 8.84. The van der Waals surface area contributed by atoms with Crippen molar-refractivity contribution in [1.29, 1.82) is 5.26 Å². The SMILES string of the molecule is N#Cc1ccnc(NC2CCOCC2)c1N. The zero-order valence-electron chi connectivity index (χ0n) is 8.94. The molecule has 0 unspecified atom stereocenters. The molecule has 1 aromatic rings. The van der Waals surface area contributed by atoms with Gasteiger partial charge < -0.3 is 15.8 Å². The van der Waals surface area contributed by atoms with Crippen LogP contribution in [0.15, 0.2) is 12.3 Å². The average molecular weight is 218 g/mol. The van der Waals surface area contributed by atoms with Crippen molar-refractivity contribution in [2.75, 3.05) is 24.3 Å². The summed E-state index contributed by atoms with van der Waals surface area (Å²) in [6.45, 7) is 1.52. The number of anilines is 2. The van der Waals surface area contributed by atoms with Gasteiger partial charge in [0.2, 0.25) is 0 Å². The second-order valence-corrected chi connectivity index (χ2v) is 3.76. The molecule has 1 aliphatic heterocycles. The first-order valence-electron chi connectivity index (χ1n) is 5.30. The molecule has 0 aliphatic carbocycles. The number of nitrogens with zero attached hydrogens (tertiary/aromatic N) is 2. The van der Waals surface area contributed by atoms with Gasteiger partial charge in [-0.1, -0.05) is 0 Å². The summed E-state index contributed by atoms with van der Waals surface area (Å²) in [5.41, 5.74) is 6.72. The summed E-state index contributed by atoms with van der Waals surface area (Å²) in [5, 5.41) is 12.1. The number of hydrogen-bond acceptors (Lipinski definition) is 5. The van der Waals surface area contributed by atoms with Crippen molar-refractivity contribution >= 4 is 11.5 Å². The smallest absolute Gasteiger partial charge is 0.150 e. The fourth-order valence-corrected chi connectivity index (χ4v) is 1.72. The minimum Gasteiger partial charge on any atom is -0.395 e. The monoisotopic (exact) mass is 218 g/mol. The Labute approximate surface area is 94.2 Å². The van der Waals surface area contributed by atoms with Gasteiger partial charge in [-0.25, -0.2) is 4.98 Å². The van der Waals surface area contributed by atoms with Crippen LogP contribution in [0.5, 0.6) is 0 Å². The molecule has 1 aromatic heterocycles. The molecule has 3 N–H and O–H groups in total. The van der Waals surface area contributed by atoms with E-state index in [1.54, 1.807) is 12.3 Å². The summed E-state index contributed by atoms with van der Waals surface area (Å²) in [5.74, 6) is 0.603. The summed E-state index contributed by atoms with van der Waals surface area (Å²) in [6, 6.07) is 3.99. The van der Waals surface area contributed by atoms with E-state index < -0.39 is 0 Å². The molecule has 0 bridgehead atoms. The van der Waals surface area contributed by atoms with Gasteiger partial charge in [-0.05, 0) is 18.9 Å². The molecule has 5 heteroatoms. The maximum atomic E-state index is 8.84. The van der Waals surface area contributed by atoms with Crippen molar-refractivity contribution in [3.8, 4) is 6.07 Å². The lowest BCUT2D eigenvalue weighted by molar-refractivity contribution is 0.0904. The van der Waals surface area contributed by atoms with E-state index in [4.69, 9.17) is 15.7 Å². The molecule has 84 valence electrons. The van der Waals surface area contributed by atoms with E-state index in [1.807, 2.05) is 6.07 Å². The number of aromatic nitrogens is 1. The van der Waals surface area contributed by atoms with Gasteiger partial charge in [0, 0.05) is 25.5 Å². The summed E-state index contributed by atoms with van der Waals surface area (Å²) in [4.78, 5) is 4.15. The quantitative estimate of drug-likeness (QED) is 0.777. The Balaban J connectivity index is 2.12. The maximum Gasteiger partial charge on any atom is 0.150 e. The van der Waals surface area contributed by atoms with Gasteiger partial charge in [0.1, 0.15) is 6.07 Å². The van der Waals surface area contributed by atoms with Crippen LogP contribution in [0.3, 0.4) is 0 Å². The van der Waals surface area contributed by atoms with Crippen molar-refractivity contribution in [1.82, 2.24) is 4.98 Å². The molecule has 1 fully saturated rings. The van der Waals surface area contributed by atoms with Gasteiger partial charge >= 0.3 is 0 Å². The number of rotatable bonds is 2. The normalized spacial score (nSPS) is 16.7. The van der Waals surface area contributed by atoms with Crippen LogP contribution in [-0.2, 0) is 4.74 Å². The summed E-state index contributed by atoms with van der Waals surface area (Å²) in [6.07, 6.45) is 3.48. The van der Waals surface area contributed by atoms with E-state index >= 15 is 0 Å². The molecule has 1 aliphatic rings. The minimum absolute atomic E-state index is 0.331. The first-order valence-corrected chi connectivity index (χ1v) is 5.30. The van der Waals surface area contributed by atoms with Gasteiger partial charge in [-0.2, -0.15) is 5.26 Å². The van der Waals surface area contributed by atoms with Crippen molar-refractivity contribution in [2.24, 2.45) is 0 Å². The number of hydrogen-bond donors (Lipinski definition) is 2. The molecule has 0 radical (unpaired) electrons. The van der Waals surface area contributed by atoms with Crippen LogP contribution >= 0.6 is 0 Å². The lowest BCUT2D eigenvalue weighted by Crippen LogP contribution is -2.28. The van der Waals surface area contributed by atoms with Gasteiger partial charge in [0.25, 0.3) is 0 Å². The second kappa shape index (κ2) is 4.81. The Morgan fingerprint density at radius 2 is 2.25 bits per heavy atom. The van der Waals surface area contributed by atoms with Crippen LogP contribution in [-0.4, -0.2) is 24.2 Å². The summed E-state index contributed by atoms with van der Waals surface area (Å²) in [7, 11) is 0. The minimum atomic E-state index is 0.331. The third-order valence-electron chi connectivity index (χ3n) is 2.67. The second-order valence-electron chi connectivity index (χ2n) is 3.76. The van der Waals surface area contributed by atoms with Crippen LogP contribution in [0, 0.1) is 11.3 Å². The molecule has 5 nitrogen and oxygen atoms in total. The van der Waals surface area contributed by atoms with Crippen molar-refractivity contribution in [3.05, 3.63) is 17.8 Å². The van der Waals surface area contributed by atoms with Gasteiger partial charge in [-0.3, -0.25) is 0 Å². The van der Waals surface area contributed by atoms with Crippen LogP contribution in [0.1, 0.15) is 18.4 Å². The number of pyridine rings is 1. The molecule has 2 rings (SSSR count). The molecular formula is C11H14N4O. The standard InChI is InChI=1S/C11H14N4O/c12-7-8-1-4-14-11(10(8)13)15-9-2-5-16-6-3-9/h1,4,9H,2-3,5-6,13H2,(H,14,15). The molecule has 1 saturated heterocycles. The lowest BCUT2D eigenvalue weighted by atomic mass is 10.1. The van der Waals surface area contributed by atoms with Gasteiger partial charge in [0.05, 0.1) is 11.3 Å². The summed E-state index contributed by atoms with van der Waals surface area (Å²) < 4.78 is 5.27. The largest absolute Gasteiger partial charge is 0.395 e. The number of nitrogen functional groups attached to an aromatic ring is 1. The van der Waals surface area contributed by atoms with Crippen LogP contribution < -0.4 is 11.1 Å². The van der Waals surface area contributed by atoms with Crippen molar-refractivity contribution in [2.45, 2.75) is 18.9 Å². The van der Waals surface area contributed by atoms with Crippen molar-refractivity contribution < 1.29 is 4.74 Å². The molecule has 0 spiro atoms. The van der Waals surface area contributed by atoms with E-state index in [2.05, 4.69) is 10.3 Å².